The molecule has 0 spiro atoms. The van der Waals surface area contributed by atoms with Crippen molar-refractivity contribution in [3.63, 3.8) is 0 Å². The lowest BCUT2D eigenvalue weighted by Gasteiger charge is -2.28. The van der Waals surface area contributed by atoms with Crippen molar-refractivity contribution in [2.45, 2.75) is 30.6 Å². The van der Waals surface area contributed by atoms with Crippen molar-refractivity contribution in [2.24, 2.45) is 0 Å². The Morgan fingerprint density at radius 3 is 2.41 bits per heavy atom. The van der Waals surface area contributed by atoms with Gasteiger partial charge in [-0.1, -0.05) is 30.3 Å². The van der Waals surface area contributed by atoms with Crippen molar-refractivity contribution in [1.29, 1.82) is 0 Å². The van der Waals surface area contributed by atoms with Crippen molar-refractivity contribution in [1.82, 2.24) is 4.90 Å². The summed E-state index contributed by atoms with van der Waals surface area (Å²) in [5.41, 5.74) is 1.19. The Labute approximate surface area is 107 Å². The molecule has 1 atom stereocenters. The SMILES string of the molecule is CSC1(C(=O)N(C)[C@H](C)c2ccccc2)CC1. The minimum Gasteiger partial charge on any atom is -0.338 e. The van der Waals surface area contributed by atoms with Crippen LogP contribution in [0.1, 0.15) is 31.4 Å². The molecule has 1 aromatic rings. The van der Waals surface area contributed by atoms with Gasteiger partial charge in [-0.2, -0.15) is 0 Å². The molecule has 0 saturated heterocycles. The van der Waals surface area contributed by atoms with Crippen LogP contribution in [-0.4, -0.2) is 28.9 Å². The van der Waals surface area contributed by atoms with Crippen LogP contribution in [0.2, 0.25) is 0 Å². The van der Waals surface area contributed by atoms with E-state index in [-0.39, 0.29) is 16.7 Å². The van der Waals surface area contributed by atoms with Gasteiger partial charge in [-0.25, -0.2) is 0 Å². The molecule has 2 nitrogen and oxygen atoms in total. The number of benzene rings is 1. The molecule has 17 heavy (non-hydrogen) atoms. The monoisotopic (exact) mass is 249 g/mol. The third-order valence-corrected chi connectivity index (χ3v) is 5.03. The van der Waals surface area contributed by atoms with Crippen LogP contribution in [0.25, 0.3) is 0 Å². The summed E-state index contributed by atoms with van der Waals surface area (Å²) in [4.78, 5) is 14.3. The molecule has 0 bridgehead atoms. The molecule has 0 aromatic heterocycles. The number of amides is 1. The fourth-order valence-corrected chi connectivity index (χ4v) is 2.90. The predicted octanol–water partition coefficient (Wildman–Crippen LogP) is 3.10. The van der Waals surface area contributed by atoms with Gasteiger partial charge in [-0.05, 0) is 31.6 Å². The van der Waals surface area contributed by atoms with Crippen molar-refractivity contribution in [3.05, 3.63) is 35.9 Å². The summed E-state index contributed by atoms with van der Waals surface area (Å²) in [6.45, 7) is 2.09. The van der Waals surface area contributed by atoms with E-state index in [9.17, 15) is 4.79 Å². The number of nitrogens with zero attached hydrogens (tertiary/aromatic N) is 1. The van der Waals surface area contributed by atoms with Gasteiger partial charge in [0, 0.05) is 7.05 Å². The number of hydrogen-bond donors (Lipinski definition) is 0. The van der Waals surface area contributed by atoms with E-state index in [0.717, 1.165) is 12.8 Å². The molecule has 1 aliphatic rings. The van der Waals surface area contributed by atoms with E-state index in [4.69, 9.17) is 0 Å². The second-order valence-electron chi connectivity index (χ2n) is 4.70. The number of thioether (sulfide) groups is 1. The Hall–Kier alpha value is -0.960. The molecule has 1 saturated carbocycles. The molecule has 92 valence electrons. The highest BCUT2D eigenvalue weighted by molar-refractivity contribution is 8.01. The molecule has 1 fully saturated rings. The zero-order valence-corrected chi connectivity index (χ0v) is 11.5. The van der Waals surface area contributed by atoms with Gasteiger partial charge in [0.15, 0.2) is 0 Å². The maximum absolute atomic E-state index is 12.4. The van der Waals surface area contributed by atoms with Crippen LogP contribution < -0.4 is 0 Å². The zero-order chi connectivity index (χ0) is 12.5. The summed E-state index contributed by atoms with van der Waals surface area (Å²) in [6.07, 6.45) is 4.09. The first kappa shape index (κ1) is 12.5. The molecular formula is C14H19NOS. The molecular weight excluding hydrogens is 230 g/mol. The quantitative estimate of drug-likeness (QED) is 0.817. The van der Waals surface area contributed by atoms with Gasteiger partial charge in [-0.3, -0.25) is 4.79 Å². The second-order valence-corrected chi connectivity index (χ2v) is 5.89. The highest BCUT2D eigenvalue weighted by atomic mass is 32.2. The van der Waals surface area contributed by atoms with E-state index < -0.39 is 0 Å². The Bertz CT molecular complexity index is 400. The normalized spacial score (nSPS) is 18.5. The van der Waals surface area contributed by atoms with Gasteiger partial charge in [0.1, 0.15) is 0 Å². The topological polar surface area (TPSA) is 20.3 Å². The largest absolute Gasteiger partial charge is 0.338 e. The van der Waals surface area contributed by atoms with Gasteiger partial charge >= 0.3 is 0 Å². The Balaban J connectivity index is 2.10. The van der Waals surface area contributed by atoms with Gasteiger partial charge in [0.05, 0.1) is 10.8 Å². The number of hydrogen-bond acceptors (Lipinski definition) is 2. The summed E-state index contributed by atoms with van der Waals surface area (Å²) in [7, 11) is 1.91. The van der Waals surface area contributed by atoms with Crippen molar-refractivity contribution in [3.8, 4) is 0 Å². The summed E-state index contributed by atoms with van der Waals surface area (Å²) in [5, 5.41) is 0. The van der Waals surface area contributed by atoms with E-state index in [2.05, 4.69) is 19.1 Å². The standard InChI is InChI=1S/C14H19NOS/c1-11(12-7-5-4-6-8-12)15(2)13(16)14(17-3)9-10-14/h4-8,11H,9-10H2,1-3H3/t11-/m1/s1. The maximum atomic E-state index is 12.4. The van der Waals surface area contributed by atoms with E-state index in [1.54, 1.807) is 11.8 Å². The molecule has 1 aliphatic carbocycles. The molecule has 0 radical (unpaired) electrons. The van der Waals surface area contributed by atoms with Gasteiger partial charge in [0.25, 0.3) is 0 Å². The van der Waals surface area contributed by atoms with Crippen molar-refractivity contribution < 1.29 is 4.79 Å². The van der Waals surface area contributed by atoms with Crippen LogP contribution >= 0.6 is 11.8 Å². The molecule has 0 N–H and O–H groups in total. The molecule has 0 unspecified atom stereocenters. The average molecular weight is 249 g/mol. The minimum atomic E-state index is -0.113. The van der Waals surface area contributed by atoms with E-state index in [1.165, 1.54) is 5.56 Å². The Morgan fingerprint density at radius 2 is 1.94 bits per heavy atom. The molecule has 0 aliphatic heterocycles. The molecule has 3 heteroatoms. The Kier molecular flexibility index (Phi) is 3.48. The minimum absolute atomic E-state index is 0.113. The van der Waals surface area contributed by atoms with Crippen LogP contribution in [0.5, 0.6) is 0 Å². The summed E-state index contributed by atoms with van der Waals surface area (Å²) < 4.78 is -0.113. The number of carbonyl (C=O) groups is 1. The number of rotatable bonds is 4. The smallest absolute Gasteiger partial charge is 0.239 e. The molecule has 0 heterocycles. The molecule has 2 rings (SSSR count). The van der Waals surface area contributed by atoms with Crippen LogP contribution in [0.4, 0.5) is 0 Å². The van der Waals surface area contributed by atoms with Crippen LogP contribution in [0.15, 0.2) is 30.3 Å². The zero-order valence-electron chi connectivity index (χ0n) is 10.6. The lowest BCUT2D eigenvalue weighted by atomic mass is 10.1. The van der Waals surface area contributed by atoms with E-state index in [1.807, 2.05) is 36.4 Å². The molecule has 1 amide bonds. The van der Waals surface area contributed by atoms with Crippen LogP contribution in [0.3, 0.4) is 0 Å². The lowest BCUT2D eigenvalue weighted by Crippen LogP contribution is -2.37. The average Bonchev–Trinajstić information content (AvgIpc) is 3.18. The summed E-state index contributed by atoms with van der Waals surface area (Å²) in [6, 6.07) is 10.3. The predicted molar refractivity (Wildman–Crippen MR) is 73.1 cm³/mol. The first-order valence-corrected chi connectivity index (χ1v) is 7.20. The van der Waals surface area contributed by atoms with Gasteiger partial charge in [-0.15, -0.1) is 11.8 Å². The van der Waals surface area contributed by atoms with Gasteiger partial charge in [0.2, 0.25) is 5.91 Å². The van der Waals surface area contributed by atoms with Gasteiger partial charge < -0.3 is 4.90 Å². The third-order valence-electron chi connectivity index (χ3n) is 3.67. The van der Waals surface area contributed by atoms with E-state index >= 15 is 0 Å². The van der Waals surface area contributed by atoms with Crippen molar-refractivity contribution in [2.75, 3.05) is 13.3 Å². The first-order chi connectivity index (χ1) is 8.10. The summed E-state index contributed by atoms with van der Waals surface area (Å²) in [5.74, 6) is 0.279. The van der Waals surface area contributed by atoms with E-state index in [0.29, 0.717) is 0 Å². The van der Waals surface area contributed by atoms with Crippen molar-refractivity contribution >= 4 is 17.7 Å². The van der Waals surface area contributed by atoms with Crippen LogP contribution in [0, 0.1) is 0 Å². The highest BCUT2D eigenvalue weighted by Crippen LogP contribution is 2.49. The fraction of sp³-hybridized carbons (Fsp3) is 0.500. The Morgan fingerprint density at radius 1 is 1.35 bits per heavy atom. The fourth-order valence-electron chi connectivity index (χ4n) is 2.07. The highest BCUT2D eigenvalue weighted by Gasteiger charge is 2.51. The van der Waals surface area contributed by atoms with Crippen LogP contribution in [-0.2, 0) is 4.79 Å². The lowest BCUT2D eigenvalue weighted by molar-refractivity contribution is -0.131. The second kappa shape index (κ2) is 4.73. The first-order valence-electron chi connectivity index (χ1n) is 5.98. The maximum Gasteiger partial charge on any atom is 0.239 e. The summed E-state index contributed by atoms with van der Waals surface area (Å²) >= 11 is 1.70. The molecule has 1 aromatic carbocycles. The number of carbonyl (C=O) groups excluding carboxylic acids is 1. The third kappa shape index (κ3) is 2.34.